The van der Waals surface area contributed by atoms with Crippen molar-refractivity contribution in [2.75, 3.05) is 25.1 Å². The van der Waals surface area contributed by atoms with Gasteiger partial charge in [0.05, 0.1) is 17.6 Å². The van der Waals surface area contributed by atoms with Crippen molar-refractivity contribution in [2.45, 2.75) is 20.1 Å². The number of nitrogens with one attached hydrogen (secondary N) is 1. The minimum atomic E-state index is -0.994. The smallest absolute Gasteiger partial charge is 0.174 e. The highest BCUT2D eigenvalue weighted by molar-refractivity contribution is 6.32. The van der Waals surface area contributed by atoms with Crippen LogP contribution in [0.3, 0.4) is 0 Å². The van der Waals surface area contributed by atoms with Crippen molar-refractivity contribution < 1.29 is 18.3 Å². The number of ether oxygens (including phenoxy) is 2. The Morgan fingerprint density at radius 2 is 1.64 bits per heavy atom. The first-order chi connectivity index (χ1) is 10.5. The predicted octanol–water partition coefficient (Wildman–Crippen LogP) is 3.37. The third-order valence-electron chi connectivity index (χ3n) is 2.81. The first kappa shape index (κ1) is 16.8. The summed E-state index contributed by atoms with van der Waals surface area (Å²) in [6.07, 6.45) is -0.464. The molecule has 1 aromatic heterocycles. The molecule has 0 fully saturated rings. The molecule has 0 saturated carbocycles. The molecular formula is C14H16ClF2N3O2. The van der Waals surface area contributed by atoms with Crippen LogP contribution in [0.15, 0.2) is 12.1 Å². The van der Waals surface area contributed by atoms with Gasteiger partial charge in [0, 0.05) is 25.3 Å². The fourth-order valence-corrected chi connectivity index (χ4v) is 2.06. The lowest BCUT2D eigenvalue weighted by Gasteiger charge is -2.18. The van der Waals surface area contributed by atoms with Crippen LogP contribution in [0.1, 0.15) is 13.8 Å². The number of hydrogen-bond donors (Lipinski definition) is 1. The molecule has 0 saturated heterocycles. The second kappa shape index (κ2) is 7.62. The van der Waals surface area contributed by atoms with Gasteiger partial charge in [0.25, 0.3) is 0 Å². The average molecular weight is 332 g/mol. The van der Waals surface area contributed by atoms with Crippen molar-refractivity contribution in [3.8, 4) is 0 Å². The zero-order valence-electron chi connectivity index (χ0n) is 12.2. The Bertz CT molecular complexity index is 652. The summed E-state index contributed by atoms with van der Waals surface area (Å²) < 4.78 is 37.2. The van der Waals surface area contributed by atoms with E-state index in [1.54, 1.807) is 0 Å². The predicted molar refractivity (Wildman–Crippen MR) is 80.0 cm³/mol. The average Bonchev–Trinajstić information content (AvgIpc) is 2.47. The largest absolute Gasteiger partial charge is 0.362 e. The van der Waals surface area contributed by atoms with Crippen LogP contribution in [0, 0.1) is 11.6 Å². The molecular weight excluding hydrogens is 316 g/mol. The van der Waals surface area contributed by atoms with Crippen LogP contribution in [0.5, 0.6) is 0 Å². The van der Waals surface area contributed by atoms with Crippen LogP contribution in [-0.2, 0) is 9.47 Å². The van der Waals surface area contributed by atoms with E-state index in [-0.39, 0.29) is 22.0 Å². The molecule has 120 valence electrons. The molecule has 0 radical (unpaired) electrons. The number of benzene rings is 1. The van der Waals surface area contributed by atoms with Gasteiger partial charge in [-0.1, -0.05) is 11.6 Å². The standard InChI is InChI=1S/C14H16ClF2N3O2/c1-3-21-12(22-4-2)7-18-14-13(15)19-10-5-8(16)9(17)6-11(10)20-14/h5-6,12H,3-4,7H2,1-2H3,(H,18,20). The summed E-state index contributed by atoms with van der Waals surface area (Å²) in [7, 11) is 0. The van der Waals surface area contributed by atoms with E-state index in [0.29, 0.717) is 19.8 Å². The molecule has 0 spiro atoms. The number of anilines is 1. The topological polar surface area (TPSA) is 56.3 Å². The highest BCUT2D eigenvalue weighted by Gasteiger charge is 2.13. The van der Waals surface area contributed by atoms with Gasteiger partial charge in [-0.05, 0) is 13.8 Å². The molecule has 1 aromatic carbocycles. The third-order valence-corrected chi connectivity index (χ3v) is 3.07. The summed E-state index contributed by atoms with van der Waals surface area (Å²) in [5.74, 6) is -1.73. The maximum absolute atomic E-state index is 13.3. The van der Waals surface area contributed by atoms with E-state index in [9.17, 15) is 8.78 Å². The Morgan fingerprint density at radius 1 is 1.09 bits per heavy atom. The number of fused-ring (bicyclic) bond motifs is 1. The van der Waals surface area contributed by atoms with Crippen molar-refractivity contribution >= 4 is 28.5 Å². The first-order valence-electron chi connectivity index (χ1n) is 6.84. The fraction of sp³-hybridized carbons (Fsp3) is 0.429. The van der Waals surface area contributed by atoms with Gasteiger partial charge in [-0.2, -0.15) is 0 Å². The van der Waals surface area contributed by atoms with Gasteiger partial charge in [-0.15, -0.1) is 0 Å². The van der Waals surface area contributed by atoms with Crippen LogP contribution in [-0.4, -0.2) is 36.0 Å². The van der Waals surface area contributed by atoms with E-state index in [2.05, 4.69) is 15.3 Å². The SMILES string of the molecule is CCOC(CNc1nc2cc(F)c(F)cc2nc1Cl)OCC. The van der Waals surface area contributed by atoms with Crippen molar-refractivity contribution in [1.29, 1.82) is 0 Å². The molecule has 2 aromatic rings. The minimum Gasteiger partial charge on any atom is -0.362 e. The van der Waals surface area contributed by atoms with E-state index in [4.69, 9.17) is 21.1 Å². The van der Waals surface area contributed by atoms with Gasteiger partial charge in [0.15, 0.2) is 28.9 Å². The molecule has 0 aliphatic heterocycles. The molecule has 0 amide bonds. The zero-order valence-corrected chi connectivity index (χ0v) is 13.0. The van der Waals surface area contributed by atoms with E-state index in [1.165, 1.54) is 0 Å². The van der Waals surface area contributed by atoms with Gasteiger partial charge < -0.3 is 14.8 Å². The number of hydrogen-bond acceptors (Lipinski definition) is 5. The molecule has 1 heterocycles. The lowest BCUT2D eigenvalue weighted by Crippen LogP contribution is -2.27. The van der Waals surface area contributed by atoms with E-state index < -0.39 is 17.9 Å². The maximum Gasteiger partial charge on any atom is 0.174 e. The molecule has 22 heavy (non-hydrogen) atoms. The Balaban J connectivity index is 2.20. The van der Waals surface area contributed by atoms with Crippen molar-refractivity contribution in [2.24, 2.45) is 0 Å². The summed E-state index contributed by atoms with van der Waals surface area (Å²) in [6, 6.07) is 1.93. The Morgan fingerprint density at radius 3 is 2.18 bits per heavy atom. The molecule has 0 unspecified atom stereocenters. The van der Waals surface area contributed by atoms with Crippen LogP contribution < -0.4 is 5.32 Å². The molecule has 2 rings (SSSR count). The van der Waals surface area contributed by atoms with Gasteiger partial charge in [0.2, 0.25) is 0 Å². The van der Waals surface area contributed by atoms with Crippen LogP contribution in [0.2, 0.25) is 5.15 Å². The van der Waals surface area contributed by atoms with Crippen LogP contribution >= 0.6 is 11.6 Å². The minimum absolute atomic E-state index is 0.0604. The van der Waals surface area contributed by atoms with Crippen molar-refractivity contribution in [3.05, 3.63) is 28.9 Å². The van der Waals surface area contributed by atoms with E-state index in [0.717, 1.165) is 12.1 Å². The van der Waals surface area contributed by atoms with Gasteiger partial charge >= 0.3 is 0 Å². The number of halogens is 3. The first-order valence-corrected chi connectivity index (χ1v) is 7.22. The summed E-state index contributed by atoms with van der Waals surface area (Å²) in [4.78, 5) is 8.15. The Labute approximate surface area is 131 Å². The summed E-state index contributed by atoms with van der Waals surface area (Å²) in [5.41, 5.74) is 0.385. The third kappa shape index (κ3) is 4.00. The molecule has 0 aliphatic rings. The molecule has 0 atom stereocenters. The molecule has 0 aliphatic carbocycles. The van der Waals surface area contributed by atoms with E-state index in [1.807, 2.05) is 13.8 Å². The summed E-state index contributed by atoms with van der Waals surface area (Å²) >= 11 is 6.00. The number of aromatic nitrogens is 2. The van der Waals surface area contributed by atoms with Crippen molar-refractivity contribution in [3.63, 3.8) is 0 Å². The lowest BCUT2D eigenvalue weighted by molar-refractivity contribution is -0.126. The number of rotatable bonds is 7. The molecule has 8 heteroatoms. The highest BCUT2D eigenvalue weighted by atomic mass is 35.5. The molecule has 1 N–H and O–H groups in total. The van der Waals surface area contributed by atoms with Crippen LogP contribution in [0.4, 0.5) is 14.6 Å². The Kier molecular flexibility index (Phi) is 5.82. The highest BCUT2D eigenvalue weighted by Crippen LogP contribution is 2.23. The summed E-state index contributed by atoms with van der Waals surface area (Å²) in [6.45, 7) is 4.99. The lowest BCUT2D eigenvalue weighted by atomic mass is 10.3. The second-order valence-corrected chi connectivity index (χ2v) is 4.70. The van der Waals surface area contributed by atoms with Gasteiger partial charge in [-0.3, -0.25) is 0 Å². The zero-order chi connectivity index (χ0) is 16.1. The second-order valence-electron chi connectivity index (χ2n) is 4.34. The quantitative estimate of drug-likeness (QED) is 0.788. The maximum atomic E-state index is 13.3. The summed E-state index contributed by atoms with van der Waals surface area (Å²) in [5, 5.41) is 3.00. The monoisotopic (exact) mass is 331 g/mol. The normalized spacial score (nSPS) is 11.4. The van der Waals surface area contributed by atoms with Gasteiger partial charge in [0.1, 0.15) is 0 Å². The Hall–Kier alpha value is -1.57. The van der Waals surface area contributed by atoms with Crippen LogP contribution in [0.25, 0.3) is 11.0 Å². The fourth-order valence-electron chi connectivity index (χ4n) is 1.86. The van der Waals surface area contributed by atoms with Crippen molar-refractivity contribution in [1.82, 2.24) is 9.97 Å². The molecule has 0 bridgehead atoms. The number of nitrogens with zero attached hydrogens (tertiary/aromatic N) is 2. The van der Waals surface area contributed by atoms with E-state index >= 15 is 0 Å². The van der Waals surface area contributed by atoms with Gasteiger partial charge in [-0.25, -0.2) is 18.7 Å². The molecule has 5 nitrogen and oxygen atoms in total.